The highest BCUT2D eigenvalue weighted by atomic mass is 19.4. The molecule has 0 saturated carbocycles. The summed E-state index contributed by atoms with van der Waals surface area (Å²) in [5.74, 6) is 0. The van der Waals surface area contributed by atoms with Crippen molar-refractivity contribution in [1.82, 2.24) is 0 Å². The van der Waals surface area contributed by atoms with Gasteiger partial charge in [-0.25, -0.2) is 0 Å². The Labute approximate surface area is 129 Å². The molecule has 130 valence electrons. The van der Waals surface area contributed by atoms with Crippen LogP contribution in [-0.2, 0) is 18.5 Å². The lowest BCUT2D eigenvalue weighted by molar-refractivity contribution is -0.141. The molecule has 0 fully saturated rings. The van der Waals surface area contributed by atoms with Gasteiger partial charge in [-0.2, -0.15) is 39.5 Å². The highest BCUT2D eigenvalue weighted by molar-refractivity contribution is 5.72. The molecule has 0 bridgehead atoms. The minimum atomic E-state index is -5.11. The van der Waals surface area contributed by atoms with Gasteiger partial charge in [0, 0.05) is 0 Å². The number of hydrogen-bond donors (Lipinski definition) is 0. The molecule has 0 saturated heterocycles. The predicted molar refractivity (Wildman–Crippen MR) is 66.9 cm³/mol. The van der Waals surface area contributed by atoms with Gasteiger partial charge in [0.05, 0.1) is 16.7 Å². The number of halogens is 9. The highest BCUT2D eigenvalue weighted by Gasteiger charge is 2.40. The van der Waals surface area contributed by atoms with Crippen molar-refractivity contribution in [1.29, 1.82) is 0 Å². The molecule has 0 amide bonds. The van der Waals surface area contributed by atoms with Gasteiger partial charge in [0.1, 0.15) is 0 Å². The van der Waals surface area contributed by atoms with E-state index in [1.54, 1.807) is 0 Å². The van der Waals surface area contributed by atoms with E-state index in [0.29, 0.717) is 12.1 Å². The molecule has 0 unspecified atom stereocenters. The predicted octanol–water partition coefficient (Wildman–Crippen LogP) is 6.41. The number of alkyl halides is 9. The molecule has 24 heavy (non-hydrogen) atoms. The van der Waals surface area contributed by atoms with Gasteiger partial charge in [0.15, 0.2) is 0 Å². The lowest BCUT2D eigenvalue weighted by atomic mass is 9.93. The third-order valence-electron chi connectivity index (χ3n) is 3.17. The van der Waals surface area contributed by atoms with E-state index in [-0.39, 0.29) is 18.2 Å². The Morgan fingerprint density at radius 2 is 1.00 bits per heavy atom. The Morgan fingerprint density at radius 3 is 1.50 bits per heavy atom. The maximum absolute atomic E-state index is 13.0. The largest absolute Gasteiger partial charge is 0.417 e. The molecule has 9 heteroatoms. The van der Waals surface area contributed by atoms with Crippen molar-refractivity contribution in [3.05, 3.63) is 59.2 Å². The maximum Gasteiger partial charge on any atom is 0.417 e. The highest BCUT2D eigenvalue weighted by Crippen LogP contribution is 2.44. The topological polar surface area (TPSA) is 0 Å². The SMILES string of the molecule is FC(F)(F)c1ccc(C(F)(F)F)c(-c2ccccc2C(F)(F)F)c1. The van der Waals surface area contributed by atoms with Crippen molar-refractivity contribution in [3.63, 3.8) is 0 Å². The summed E-state index contributed by atoms with van der Waals surface area (Å²) in [7, 11) is 0. The van der Waals surface area contributed by atoms with Gasteiger partial charge in [-0.15, -0.1) is 0 Å². The summed E-state index contributed by atoms with van der Waals surface area (Å²) in [5.41, 5.74) is -6.64. The Morgan fingerprint density at radius 1 is 0.500 bits per heavy atom. The molecule has 0 N–H and O–H groups in total. The standard InChI is InChI=1S/C15H7F9/c16-13(17,18)8-5-6-12(15(22,23)24)10(7-8)9-3-1-2-4-11(9)14(19,20)21/h1-7H. The first kappa shape index (κ1) is 18.2. The van der Waals surface area contributed by atoms with Crippen LogP contribution in [0.5, 0.6) is 0 Å². The van der Waals surface area contributed by atoms with E-state index in [2.05, 4.69) is 0 Å². The zero-order valence-corrected chi connectivity index (χ0v) is 11.4. The van der Waals surface area contributed by atoms with Crippen LogP contribution in [0.3, 0.4) is 0 Å². The molecule has 0 aromatic heterocycles. The van der Waals surface area contributed by atoms with E-state index in [1.807, 2.05) is 0 Å². The van der Waals surface area contributed by atoms with Crippen LogP contribution in [0.15, 0.2) is 42.5 Å². The molecule has 0 atom stereocenters. The second-order valence-corrected chi connectivity index (χ2v) is 4.80. The van der Waals surface area contributed by atoms with Crippen LogP contribution < -0.4 is 0 Å². The summed E-state index contributed by atoms with van der Waals surface area (Å²) < 4.78 is 116. The van der Waals surface area contributed by atoms with Crippen molar-refractivity contribution in [2.45, 2.75) is 18.5 Å². The second kappa shape index (κ2) is 5.71. The molecule has 2 rings (SSSR count). The summed E-state index contributed by atoms with van der Waals surface area (Å²) in [5, 5.41) is 0. The minimum Gasteiger partial charge on any atom is -0.166 e. The van der Waals surface area contributed by atoms with E-state index < -0.39 is 46.3 Å². The van der Waals surface area contributed by atoms with Crippen molar-refractivity contribution < 1.29 is 39.5 Å². The molecule has 0 aliphatic rings. The lowest BCUT2D eigenvalue weighted by Crippen LogP contribution is -2.13. The van der Waals surface area contributed by atoms with Crippen LogP contribution >= 0.6 is 0 Å². The normalized spacial score (nSPS) is 13.2. The molecule has 0 aliphatic heterocycles. The van der Waals surface area contributed by atoms with Gasteiger partial charge in [0.2, 0.25) is 0 Å². The average molecular weight is 358 g/mol. The van der Waals surface area contributed by atoms with Crippen LogP contribution in [0, 0.1) is 0 Å². The summed E-state index contributed by atoms with van der Waals surface area (Å²) in [4.78, 5) is 0. The fourth-order valence-electron chi connectivity index (χ4n) is 2.16. The van der Waals surface area contributed by atoms with Crippen LogP contribution in [0.2, 0.25) is 0 Å². The van der Waals surface area contributed by atoms with Gasteiger partial charge in [-0.3, -0.25) is 0 Å². The van der Waals surface area contributed by atoms with Crippen molar-refractivity contribution in [2.75, 3.05) is 0 Å². The molecular weight excluding hydrogens is 351 g/mol. The van der Waals surface area contributed by atoms with Crippen LogP contribution in [0.4, 0.5) is 39.5 Å². The Balaban J connectivity index is 2.82. The molecule has 0 nitrogen and oxygen atoms in total. The summed E-state index contributed by atoms with van der Waals surface area (Å²) >= 11 is 0. The summed E-state index contributed by atoms with van der Waals surface area (Å²) in [6, 6.07) is 3.56. The van der Waals surface area contributed by atoms with Gasteiger partial charge in [0.25, 0.3) is 0 Å². The Kier molecular flexibility index (Phi) is 4.32. The van der Waals surface area contributed by atoms with Crippen LogP contribution in [0.25, 0.3) is 11.1 Å². The van der Waals surface area contributed by atoms with Crippen molar-refractivity contribution in [2.24, 2.45) is 0 Å². The second-order valence-electron chi connectivity index (χ2n) is 4.80. The average Bonchev–Trinajstić information content (AvgIpc) is 2.44. The first-order chi connectivity index (χ1) is 10.8. The van der Waals surface area contributed by atoms with Gasteiger partial charge < -0.3 is 0 Å². The van der Waals surface area contributed by atoms with E-state index in [0.717, 1.165) is 12.1 Å². The number of hydrogen-bond acceptors (Lipinski definition) is 0. The Bertz CT molecular complexity index is 736. The fraction of sp³-hybridized carbons (Fsp3) is 0.200. The molecule has 0 aliphatic carbocycles. The molecule has 2 aromatic carbocycles. The molecule has 0 heterocycles. The quantitative estimate of drug-likeness (QED) is 0.517. The van der Waals surface area contributed by atoms with Gasteiger partial charge in [-0.05, 0) is 35.4 Å². The number of rotatable bonds is 1. The zero-order chi connectivity index (χ0) is 18.3. The minimum absolute atomic E-state index is 0.0768. The summed E-state index contributed by atoms with van der Waals surface area (Å²) in [6.07, 6.45) is -15.1. The van der Waals surface area contributed by atoms with Gasteiger partial charge in [-0.1, -0.05) is 18.2 Å². The number of benzene rings is 2. The van der Waals surface area contributed by atoms with Crippen molar-refractivity contribution in [3.8, 4) is 11.1 Å². The van der Waals surface area contributed by atoms with Crippen molar-refractivity contribution >= 4 is 0 Å². The smallest absolute Gasteiger partial charge is 0.166 e. The van der Waals surface area contributed by atoms with Gasteiger partial charge >= 0.3 is 18.5 Å². The van der Waals surface area contributed by atoms with E-state index >= 15 is 0 Å². The molecule has 2 aromatic rings. The van der Waals surface area contributed by atoms with Crippen LogP contribution in [-0.4, -0.2) is 0 Å². The Hall–Kier alpha value is -2.19. The first-order valence-corrected chi connectivity index (χ1v) is 6.27. The van der Waals surface area contributed by atoms with Crippen LogP contribution in [0.1, 0.15) is 16.7 Å². The fourth-order valence-corrected chi connectivity index (χ4v) is 2.16. The first-order valence-electron chi connectivity index (χ1n) is 6.27. The third kappa shape index (κ3) is 3.65. The monoisotopic (exact) mass is 358 g/mol. The van der Waals surface area contributed by atoms with E-state index in [1.165, 1.54) is 0 Å². The molecular formula is C15H7F9. The lowest BCUT2D eigenvalue weighted by Gasteiger charge is -2.19. The molecule has 0 spiro atoms. The molecule has 0 radical (unpaired) electrons. The maximum atomic E-state index is 13.0. The third-order valence-corrected chi connectivity index (χ3v) is 3.17. The van der Waals surface area contributed by atoms with E-state index in [4.69, 9.17) is 0 Å². The summed E-state index contributed by atoms with van der Waals surface area (Å²) in [6.45, 7) is 0. The zero-order valence-electron chi connectivity index (χ0n) is 11.4. The van der Waals surface area contributed by atoms with E-state index in [9.17, 15) is 39.5 Å².